The minimum Gasteiger partial charge on any atom is -0.387 e. The third-order valence-electron chi connectivity index (χ3n) is 3.89. The number of carbonyl (C=O) groups is 1. The highest BCUT2D eigenvalue weighted by atomic mass is 32.1. The first-order chi connectivity index (χ1) is 10.7. The summed E-state index contributed by atoms with van der Waals surface area (Å²) in [6, 6.07) is 3.92. The lowest BCUT2D eigenvalue weighted by atomic mass is 10.2. The standard InChI is InChI=1S/C14H18N4O3S/c1-10(17-4-6-18(7-5-17)12(20)9-19)14-15-13(16-21-14)11-3-2-8-22-11/h2-3,8,10,19H,4-7,9H2,1H3. The van der Waals surface area contributed by atoms with E-state index in [9.17, 15) is 4.79 Å². The molecule has 0 aromatic carbocycles. The zero-order chi connectivity index (χ0) is 15.5. The summed E-state index contributed by atoms with van der Waals surface area (Å²) in [5, 5.41) is 14.9. The first-order valence-corrected chi connectivity index (χ1v) is 8.07. The van der Waals surface area contributed by atoms with E-state index in [0.29, 0.717) is 24.8 Å². The van der Waals surface area contributed by atoms with Gasteiger partial charge in [-0.1, -0.05) is 11.2 Å². The number of aromatic nitrogens is 2. The summed E-state index contributed by atoms with van der Waals surface area (Å²) >= 11 is 1.58. The van der Waals surface area contributed by atoms with Gasteiger partial charge in [0.15, 0.2) is 0 Å². The minimum absolute atomic E-state index is 0.00703. The van der Waals surface area contributed by atoms with E-state index < -0.39 is 6.61 Å². The van der Waals surface area contributed by atoms with Crippen LogP contribution in [0.1, 0.15) is 18.9 Å². The molecule has 0 saturated carbocycles. The molecule has 1 amide bonds. The van der Waals surface area contributed by atoms with Crippen LogP contribution in [0.25, 0.3) is 10.7 Å². The normalized spacial score (nSPS) is 17.6. The second kappa shape index (κ2) is 6.55. The number of piperazine rings is 1. The fourth-order valence-electron chi connectivity index (χ4n) is 2.53. The van der Waals surface area contributed by atoms with Gasteiger partial charge < -0.3 is 14.5 Å². The third-order valence-corrected chi connectivity index (χ3v) is 4.76. The molecular weight excluding hydrogens is 304 g/mol. The smallest absolute Gasteiger partial charge is 0.248 e. The van der Waals surface area contributed by atoms with Crippen LogP contribution in [-0.4, -0.2) is 63.7 Å². The quantitative estimate of drug-likeness (QED) is 0.904. The predicted octanol–water partition coefficient (Wildman–Crippen LogP) is 0.996. The van der Waals surface area contributed by atoms with Crippen molar-refractivity contribution in [3.8, 4) is 10.7 Å². The van der Waals surface area contributed by atoms with Gasteiger partial charge in [-0.25, -0.2) is 0 Å². The van der Waals surface area contributed by atoms with Crippen molar-refractivity contribution in [2.45, 2.75) is 13.0 Å². The Hall–Kier alpha value is -1.77. The molecule has 2 aromatic heterocycles. The van der Waals surface area contributed by atoms with Gasteiger partial charge in [-0.15, -0.1) is 11.3 Å². The first kappa shape index (κ1) is 15.1. The second-order valence-corrected chi connectivity index (χ2v) is 6.13. The Morgan fingerprint density at radius 2 is 2.23 bits per heavy atom. The highest BCUT2D eigenvalue weighted by Crippen LogP contribution is 2.25. The summed E-state index contributed by atoms with van der Waals surface area (Å²) in [6.07, 6.45) is 0. The summed E-state index contributed by atoms with van der Waals surface area (Å²) < 4.78 is 5.38. The molecule has 118 valence electrons. The van der Waals surface area contributed by atoms with Gasteiger partial charge in [0.2, 0.25) is 17.6 Å². The molecule has 7 nitrogen and oxygen atoms in total. The van der Waals surface area contributed by atoms with Crippen molar-refractivity contribution in [3.63, 3.8) is 0 Å². The van der Waals surface area contributed by atoms with Gasteiger partial charge in [-0.05, 0) is 18.4 Å². The van der Waals surface area contributed by atoms with Crippen LogP contribution in [0, 0.1) is 0 Å². The number of nitrogens with zero attached hydrogens (tertiary/aromatic N) is 4. The summed E-state index contributed by atoms with van der Waals surface area (Å²) in [5.41, 5.74) is 0. The molecule has 0 radical (unpaired) electrons. The maximum atomic E-state index is 11.5. The van der Waals surface area contributed by atoms with Crippen molar-refractivity contribution in [2.75, 3.05) is 32.8 Å². The van der Waals surface area contributed by atoms with Crippen molar-refractivity contribution in [1.82, 2.24) is 19.9 Å². The Morgan fingerprint density at radius 3 is 2.86 bits per heavy atom. The molecule has 1 saturated heterocycles. The summed E-state index contributed by atoms with van der Waals surface area (Å²) in [4.78, 5) is 20.8. The van der Waals surface area contributed by atoms with E-state index in [-0.39, 0.29) is 11.9 Å². The average Bonchev–Trinajstić information content (AvgIpc) is 3.24. The molecule has 1 N–H and O–H groups in total. The van der Waals surface area contributed by atoms with E-state index in [2.05, 4.69) is 15.0 Å². The van der Waals surface area contributed by atoms with E-state index in [1.54, 1.807) is 16.2 Å². The van der Waals surface area contributed by atoms with Crippen molar-refractivity contribution >= 4 is 17.2 Å². The average molecular weight is 322 g/mol. The SMILES string of the molecule is CC(c1nc(-c2cccs2)no1)N1CCN(C(=O)CO)CC1. The molecule has 1 aliphatic rings. The highest BCUT2D eigenvalue weighted by molar-refractivity contribution is 7.13. The van der Waals surface area contributed by atoms with Crippen LogP contribution < -0.4 is 0 Å². The van der Waals surface area contributed by atoms with Gasteiger partial charge in [0.25, 0.3) is 0 Å². The Labute approximate surface area is 132 Å². The number of aliphatic hydroxyl groups is 1. The van der Waals surface area contributed by atoms with Crippen LogP contribution in [0.15, 0.2) is 22.0 Å². The molecule has 3 heterocycles. The van der Waals surface area contributed by atoms with Gasteiger partial charge >= 0.3 is 0 Å². The number of amides is 1. The lowest BCUT2D eigenvalue weighted by Gasteiger charge is -2.36. The Kier molecular flexibility index (Phi) is 4.51. The van der Waals surface area contributed by atoms with Crippen LogP contribution in [0.4, 0.5) is 0 Å². The maximum absolute atomic E-state index is 11.5. The number of hydrogen-bond acceptors (Lipinski definition) is 7. The fraction of sp³-hybridized carbons (Fsp3) is 0.500. The van der Waals surface area contributed by atoms with Crippen molar-refractivity contribution in [2.24, 2.45) is 0 Å². The molecular formula is C14H18N4O3S. The molecule has 0 aliphatic carbocycles. The van der Waals surface area contributed by atoms with Crippen LogP contribution in [0.5, 0.6) is 0 Å². The van der Waals surface area contributed by atoms with E-state index in [4.69, 9.17) is 9.63 Å². The van der Waals surface area contributed by atoms with Crippen molar-refractivity contribution in [1.29, 1.82) is 0 Å². The zero-order valence-corrected chi connectivity index (χ0v) is 13.1. The van der Waals surface area contributed by atoms with Crippen molar-refractivity contribution < 1.29 is 14.4 Å². The monoisotopic (exact) mass is 322 g/mol. The zero-order valence-electron chi connectivity index (χ0n) is 12.3. The highest BCUT2D eigenvalue weighted by Gasteiger charge is 2.27. The molecule has 0 bridgehead atoms. The lowest BCUT2D eigenvalue weighted by molar-refractivity contribution is -0.136. The lowest BCUT2D eigenvalue weighted by Crippen LogP contribution is -2.50. The van der Waals surface area contributed by atoms with E-state index in [0.717, 1.165) is 18.0 Å². The minimum atomic E-state index is -0.427. The van der Waals surface area contributed by atoms with Crippen LogP contribution in [-0.2, 0) is 4.79 Å². The largest absolute Gasteiger partial charge is 0.387 e. The number of hydrogen-bond donors (Lipinski definition) is 1. The fourth-order valence-corrected chi connectivity index (χ4v) is 3.17. The molecule has 22 heavy (non-hydrogen) atoms. The topological polar surface area (TPSA) is 82.7 Å². The van der Waals surface area contributed by atoms with Gasteiger partial charge in [0, 0.05) is 26.2 Å². The Morgan fingerprint density at radius 1 is 1.45 bits per heavy atom. The number of thiophene rings is 1. The number of carbonyl (C=O) groups excluding carboxylic acids is 1. The van der Waals surface area contributed by atoms with Crippen LogP contribution in [0.2, 0.25) is 0 Å². The molecule has 1 aliphatic heterocycles. The molecule has 8 heteroatoms. The maximum Gasteiger partial charge on any atom is 0.248 e. The first-order valence-electron chi connectivity index (χ1n) is 7.19. The van der Waals surface area contributed by atoms with Gasteiger partial charge in [0.1, 0.15) is 6.61 Å². The molecule has 3 rings (SSSR count). The number of aliphatic hydroxyl groups excluding tert-OH is 1. The third kappa shape index (κ3) is 3.03. The van der Waals surface area contributed by atoms with Gasteiger partial charge in [-0.3, -0.25) is 9.69 Å². The van der Waals surface area contributed by atoms with Gasteiger partial charge in [0.05, 0.1) is 10.9 Å². The van der Waals surface area contributed by atoms with Crippen LogP contribution >= 0.6 is 11.3 Å². The Bertz CT molecular complexity index is 620. The summed E-state index contributed by atoms with van der Waals surface area (Å²) in [5.74, 6) is 0.987. The molecule has 1 fully saturated rings. The second-order valence-electron chi connectivity index (χ2n) is 5.18. The Balaban J connectivity index is 1.63. The molecule has 0 spiro atoms. The van der Waals surface area contributed by atoms with Gasteiger partial charge in [-0.2, -0.15) is 4.98 Å². The number of rotatable bonds is 4. The molecule has 1 atom stereocenters. The summed E-state index contributed by atoms with van der Waals surface area (Å²) in [6.45, 7) is 4.26. The van der Waals surface area contributed by atoms with E-state index >= 15 is 0 Å². The van der Waals surface area contributed by atoms with Crippen LogP contribution in [0.3, 0.4) is 0 Å². The van der Waals surface area contributed by atoms with Crippen molar-refractivity contribution in [3.05, 3.63) is 23.4 Å². The summed E-state index contributed by atoms with van der Waals surface area (Å²) in [7, 11) is 0. The molecule has 1 unspecified atom stereocenters. The predicted molar refractivity (Wildman–Crippen MR) is 81.3 cm³/mol. The van der Waals surface area contributed by atoms with E-state index in [1.807, 2.05) is 24.4 Å². The molecule has 2 aromatic rings. The van der Waals surface area contributed by atoms with E-state index in [1.165, 1.54) is 0 Å².